The Morgan fingerprint density at radius 1 is 1.04 bits per heavy atom. The summed E-state index contributed by atoms with van der Waals surface area (Å²) in [5.41, 5.74) is -0.948. The summed E-state index contributed by atoms with van der Waals surface area (Å²) in [6.45, 7) is 5.54. The van der Waals surface area contributed by atoms with Crippen LogP contribution in [0.25, 0.3) is 0 Å². The fraction of sp³-hybridized carbons (Fsp3) is 0.850. The average molecular weight is 359 g/mol. The van der Waals surface area contributed by atoms with Gasteiger partial charge in [0.05, 0.1) is 23.7 Å². The van der Waals surface area contributed by atoms with E-state index in [1.165, 1.54) is 6.08 Å². The number of aliphatic hydroxyl groups excluding tert-OH is 2. The number of aliphatic carboxylic acids is 1. The first-order chi connectivity index (χ1) is 11.7. The molecular weight excluding hydrogens is 320 g/mol. The SMILES string of the molecule is CCCCCC(C)(O)/C=C/C(O)C(O)CCCCCCC(C)C(=O)O. The highest BCUT2D eigenvalue weighted by atomic mass is 16.4. The van der Waals surface area contributed by atoms with Crippen molar-refractivity contribution in [3.05, 3.63) is 12.2 Å². The molecule has 0 aromatic rings. The fourth-order valence-corrected chi connectivity index (χ4v) is 2.70. The van der Waals surface area contributed by atoms with E-state index in [2.05, 4.69) is 6.92 Å². The van der Waals surface area contributed by atoms with E-state index in [4.69, 9.17) is 5.11 Å². The molecule has 25 heavy (non-hydrogen) atoms. The molecule has 148 valence electrons. The van der Waals surface area contributed by atoms with Gasteiger partial charge in [0.15, 0.2) is 0 Å². The highest BCUT2D eigenvalue weighted by Gasteiger charge is 2.18. The predicted molar refractivity (Wildman–Crippen MR) is 100 cm³/mol. The first-order valence-corrected chi connectivity index (χ1v) is 9.70. The van der Waals surface area contributed by atoms with Crippen molar-refractivity contribution in [2.24, 2.45) is 5.92 Å². The molecule has 0 radical (unpaired) electrons. The summed E-state index contributed by atoms with van der Waals surface area (Å²) in [5, 5.41) is 39.0. The van der Waals surface area contributed by atoms with Gasteiger partial charge >= 0.3 is 5.97 Å². The molecule has 0 fully saturated rings. The summed E-state index contributed by atoms with van der Waals surface area (Å²) < 4.78 is 0. The number of carbonyl (C=O) groups is 1. The summed E-state index contributed by atoms with van der Waals surface area (Å²) >= 11 is 0. The van der Waals surface area contributed by atoms with Crippen molar-refractivity contribution in [3.63, 3.8) is 0 Å². The molecule has 5 heteroatoms. The molecule has 0 aliphatic heterocycles. The molecule has 5 nitrogen and oxygen atoms in total. The Balaban J connectivity index is 3.92. The van der Waals surface area contributed by atoms with Crippen molar-refractivity contribution in [2.75, 3.05) is 0 Å². The van der Waals surface area contributed by atoms with Gasteiger partial charge in [-0.05, 0) is 26.2 Å². The van der Waals surface area contributed by atoms with Gasteiger partial charge in [-0.3, -0.25) is 4.79 Å². The van der Waals surface area contributed by atoms with Crippen molar-refractivity contribution in [2.45, 2.75) is 103 Å². The summed E-state index contributed by atoms with van der Waals surface area (Å²) in [7, 11) is 0. The van der Waals surface area contributed by atoms with Crippen LogP contribution in [-0.4, -0.2) is 44.2 Å². The first-order valence-electron chi connectivity index (χ1n) is 9.70. The predicted octanol–water partition coefficient (Wildman–Crippen LogP) is 3.66. The van der Waals surface area contributed by atoms with Gasteiger partial charge in [0, 0.05) is 0 Å². The van der Waals surface area contributed by atoms with Crippen molar-refractivity contribution < 1.29 is 25.2 Å². The molecule has 0 aliphatic rings. The average Bonchev–Trinajstić information content (AvgIpc) is 2.55. The van der Waals surface area contributed by atoms with Crippen molar-refractivity contribution in [3.8, 4) is 0 Å². The molecule has 4 unspecified atom stereocenters. The minimum absolute atomic E-state index is 0.303. The van der Waals surface area contributed by atoms with Gasteiger partial charge in [0.25, 0.3) is 0 Å². The molecule has 0 aromatic carbocycles. The topological polar surface area (TPSA) is 98.0 Å². The Hall–Kier alpha value is -0.910. The quantitative estimate of drug-likeness (QED) is 0.264. The molecule has 0 aliphatic carbocycles. The molecule has 0 aromatic heterocycles. The van der Waals surface area contributed by atoms with Crippen LogP contribution in [0.3, 0.4) is 0 Å². The minimum atomic E-state index is -0.968. The fourth-order valence-electron chi connectivity index (χ4n) is 2.70. The van der Waals surface area contributed by atoms with E-state index in [9.17, 15) is 20.1 Å². The van der Waals surface area contributed by atoms with Gasteiger partial charge in [-0.15, -0.1) is 0 Å². The van der Waals surface area contributed by atoms with Crippen LogP contribution in [0, 0.1) is 5.92 Å². The van der Waals surface area contributed by atoms with E-state index in [1.807, 2.05) is 0 Å². The molecule has 0 spiro atoms. The maximum Gasteiger partial charge on any atom is 0.306 e. The lowest BCUT2D eigenvalue weighted by molar-refractivity contribution is -0.141. The van der Waals surface area contributed by atoms with Gasteiger partial charge < -0.3 is 20.4 Å². The maximum atomic E-state index is 10.7. The van der Waals surface area contributed by atoms with Gasteiger partial charge in [-0.1, -0.05) is 70.9 Å². The van der Waals surface area contributed by atoms with Gasteiger partial charge in [0.1, 0.15) is 0 Å². The van der Waals surface area contributed by atoms with Crippen LogP contribution in [0.1, 0.15) is 85.0 Å². The number of rotatable bonds is 15. The molecule has 0 saturated carbocycles. The zero-order valence-corrected chi connectivity index (χ0v) is 16.2. The Labute approximate surface area is 152 Å². The Bertz CT molecular complexity index is 378. The molecule has 0 bridgehead atoms. The smallest absolute Gasteiger partial charge is 0.306 e. The minimum Gasteiger partial charge on any atom is -0.481 e. The van der Waals surface area contributed by atoms with Crippen LogP contribution in [0.4, 0.5) is 0 Å². The summed E-state index contributed by atoms with van der Waals surface area (Å²) in [4.78, 5) is 10.7. The number of hydrogen-bond donors (Lipinski definition) is 4. The summed E-state index contributed by atoms with van der Waals surface area (Å²) in [6, 6.07) is 0. The third kappa shape index (κ3) is 13.0. The van der Waals surface area contributed by atoms with Gasteiger partial charge in [0.2, 0.25) is 0 Å². The van der Waals surface area contributed by atoms with Crippen LogP contribution in [0.15, 0.2) is 12.2 Å². The normalized spacial score (nSPS) is 18.0. The maximum absolute atomic E-state index is 10.7. The molecule has 0 rings (SSSR count). The van der Waals surface area contributed by atoms with Crippen molar-refractivity contribution >= 4 is 5.97 Å². The summed E-state index contributed by atoms with van der Waals surface area (Å²) in [6.07, 6.45) is 9.71. The Kier molecular flexibility index (Phi) is 12.8. The number of carboxylic acid groups (broad SMARTS) is 1. The van der Waals surface area contributed by atoms with E-state index >= 15 is 0 Å². The molecular formula is C20H38O5. The molecule has 0 heterocycles. The second-order valence-electron chi connectivity index (χ2n) is 7.46. The van der Waals surface area contributed by atoms with Crippen LogP contribution in [0.5, 0.6) is 0 Å². The Morgan fingerprint density at radius 3 is 2.20 bits per heavy atom. The third-order valence-corrected chi connectivity index (χ3v) is 4.64. The molecule has 4 atom stereocenters. The van der Waals surface area contributed by atoms with E-state index in [0.717, 1.165) is 44.9 Å². The second-order valence-corrected chi connectivity index (χ2v) is 7.46. The zero-order valence-electron chi connectivity index (χ0n) is 16.2. The second kappa shape index (κ2) is 13.3. The lowest BCUT2D eigenvalue weighted by Gasteiger charge is -2.20. The van der Waals surface area contributed by atoms with E-state index in [-0.39, 0.29) is 5.92 Å². The highest BCUT2D eigenvalue weighted by molar-refractivity contribution is 5.69. The number of hydrogen-bond acceptors (Lipinski definition) is 4. The van der Waals surface area contributed by atoms with E-state index < -0.39 is 23.8 Å². The number of carboxylic acids is 1. The van der Waals surface area contributed by atoms with Crippen LogP contribution >= 0.6 is 0 Å². The summed E-state index contributed by atoms with van der Waals surface area (Å²) in [5.74, 6) is -1.06. The molecule has 4 N–H and O–H groups in total. The third-order valence-electron chi connectivity index (χ3n) is 4.64. The van der Waals surface area contributed by atoms with E-state index in [1.54, 1.807) is 19.9 Å². The number of unbranched alkanes of at least 4 members (excludes halogenated alkanes) is 5. The van der Waals surface area contributed by atoms with Gasteiger partial charge in [-0.2, -0.15) is 0 Å². The largest absolute Gasteiger partial charge is 0.481 e. The van der Waals surface area contributed by atoms with Crippen LogP contribution in [-0.2, 0) is 4.79 Å². The van der Waals surface area contributed by atoms with Crippen molar-refractivity contribution in [1.82, 2.24) is 0 Å². The molecule has 0 saturated heterocycles. The number of aliphatic hydroxyl groups is 3. The van der Waals surface area contributed by atoms with Gasteiger partial charge in [-0.25, -0.2) is 0 Å². The van der Waals surface area contributed by atoms with Crippen LogP contribution < -0.4 is 0 Å². The monoisotopic (exact) mass is 358 g/mol. The first kappa shape index (κ1) is 24.1. The lowest BCUT2D eigenvalue weighted by atomic mass is 9.96. The zero-order chi connectivity index (χ0) is 19.3. The highest BCUT2D eigenvalue weighted by Crippen LogP contribution is 2.18. The lowest BCUT2D eigenvalue weighted by Crippen LogP contribution is -2.26. The Morgan fingerprint density at radius 2 is 1.64 bits per heavy atom. The van der Waals surface area contributed by atoms with Crippen LogP contribution in [0.2, 0.25) is 0 Å². The standard InChI is InChI=1S/C20H38O5/c1-4-5-10-14-20(3,25)15-13-18(22)17(21)12-9-7-6-8-11-16(2)19(23)24/h13,15-18,21-22,25H,4-12,14H2,1-3H3,(H,23,24)/b15-13+. The molecule has 0 amide bonds. The van der Waals surface area contributed by atoms with Crippen molar-refractivity contribution in [1.29, 1.82) is 0 Å². The van der Waals surface area contributed by atoms with E-state index in [0.29, 0.717) is 19.3 Å².